The van der Waals surface area contributed by atoms with Crippen molar-refractivity contribution in [2.75, 3.05) is 6.61 Å². The lowest BCUT2D eigenvalue weighted by Gasteiger charge is -2.04. The minimum atomic E-state index is -4.38. The second-order valence-electron chi connectivity index (χ2n) is 3.21. The van der Waals surface area contributed by atoms with Crippen molar-refractivity contribution in [1.82, 2.24) is 10.2 Å². The van der Waals surface area contributed by atoms with Crippen LogP contribution in [-0.2, 0) is 10.9 Å². The fraction of sp³-hybridized carbons (Fsp3) is 0.625. The summed E-state index contributed by atoms with van der Waals surface area (Å²) in [7, 11) is 0. The van der Waals surface area contributed by atoms with Crippen molar-refractivity contribution in [2.24, 2.45) is 0 Å². The molecule has 1 fully saturated rings. The van der Waals surface area contributed by atoms with E-state index in [-0.39, 0.29) is 6.10 Å². The summed E-state index contributed by atoms with van der Waals surface area (Å²) in [6.07, 6.45) is -3.00. The number of hydrogen-bond acceptors (Lipinski definition) is 2. The van der Waals surface area contributed by atoms with Gasteiger partial charge in [0.2, 0.25) is 0 Å². The van der Waals surface area contributed by atoms with Crippen molar-refractivity contribution >= 4 is 0 Å². The molecule has 0 saturated carbocycles. The van der Waals surface area contributed by atoms with Gasteiger partial charge in [-0.05, 0) is 18.9 Å². The van der Waals surface area contributed by atoms with E-state index >= 15 is 0 Å². The largest absolute Gasteiger partial charge is 0.435 e. The molecule has 1 saturated heterocycles. The topological polar surface area (TPSA) is 37.9 Å². The fourth-order valence-electron chi connectivity index (χ4n) is 1.47. The average molecular weight is 206 g/mol. The number of rotatable bonds is 1. The van der Waals surface area contributed by atoms with Crippen LogP contribution >= 0.6 is 0 Å². The van der Waals surface area contributed by atoms with E-state index in [1.54, 1.807) is 0 Å². The normalized spacial score (nSPS) is 22.9. The van der Waals surface area contributed by atoms with Gasteiger partial charge in [0.25, 0.3) is 0 Å². The lowest BCUT2D eigenvalue weighted by atomic mass is 10.2. The second kappa shape index (κ2) is 3.27. The Morgan fingerprint density at radius 2 is 2.29 bits per heavy atom. The summed E-state index contributed by atoms with van der Waals surface area (Å²) in [6.45, 7) is 0.602. The number of nitrogens with zero attached hydrogens (tertiary/aromatic N) is 1. The van der Waals surface area contributed by atoms with Gasteiger partial charge >= 0.3 is 6.18 Å². The highest BCUT2D eigenvalue weighted by Crippen LogP contribution is 2.32. The molecule has 1 aliphatic heterocycles. The molecular formula is C8H9F3N2O. The molecule has 1 aromatic rings. The van der Waals surface area contributed by atoms with E-state index in [2.05, 4.69) is 10.2 Å². The third-order valence-corrected chi connectivity index (χ3v) is 2.16. The Morgan fingerprint density at radius 3 is 2.79 bits per heavy atom. The van der Waals surface area contributed by atoms with E-state index in [1.165, 1.54) is 0 Å². The molecule has 2 heterocycles. The van der Waals surface area contributed by atoms with Crippen LogP contribution < -0.4 is 0 Å². The zero-order chi connectivity index (χ0) is 10.2. The Bertz CT molecular complexity index is 315. The number of hydrogen-bond donors (Lipinski definition) is 1. The highest BCUT2D eigenvalue weighted by molar-refractivity contribution is 5.14. The van der Waals surface area contributed by atoms with Gasteiger partial charge in [0.05, 0.1) is 11.8 Å². The highest BCUT2D eigenvalue weighted by Gasteiger charge is 2.35. The summed E-state index contributed by atoms with van der Waals surface area (Å²) in [5, 5.41) is 5.56. The molecule has 2 rings (SSSR count). The Labute approximate surface area is 78.3 Å². The van der Waals surface area contributed by atoms with Crippen LogP contribution in [0.15, 0.2) is 6.07 Å². The number of H-pyrrole nitrogens is 1. The monoisotopic (exact) mass is 206 g/mol. The summed E-state index contributed by atoms with van der Waals surface area (Å²) in [4.78, 5) is 0. The number of nitrogens with one attached hydrogen (secondary N) is 1. The van der Waals surface area contributed by atoms with Gasteiger partial charge in [0, 0.05) is 6.61 Å². The van der Waals surface area contributed by atoms with Gasteiger partial charge in [-0.25, -0.2) is 0 Å². The van der Waals surface area contributed by atoms with Crippen molar-refractivity contribution in [2.45, 2.75) is 25.1 Å². The zero-order valence-corrected chi connectivity index (χ0v) is 7.27. The molecule has 0 aliphatic carbocycles. The molecular weight excluding hydrogens is 197 g/mol. The molecule has 1 N–H and O–H groups in total. The number of aromatic nitrogens is 2. The fourth-order valence-corrected chi connectivity index (χ4v) is 1.47. The molecule has 0 spiro atoms. The number of halogens is 3. The molecule has 78 valence electrons. The predicted molar refractivity (Wildman–Crippen MR) is 41.5 cm³/mol. The van der Waals surface area contributed by atoms with Crippen LogP contribution in [0.25, 0.3) is 0 Å². The van der Waals surface area contributed by atoms with Crippen molar-refractivity contribution < 1.29 is 17.9 Å². The molecule has 0 bridgehead atoms. The zero-order valence-electron chi connectivity index (χ0n) is 7.27. The highest BCUT2D eigenvalue weighted by atomic mass is 19.4. The van der Waals surface area contributed by atoms with Gasteiger partial charge in [-0.3, -0.25) is 5.10 Å². The molecule has 0 amide bonds. The quantitative estimate of drug-likeness (QED) is 0.765. The minimum absolute atomic E-state index is 0.251. The molecule has 1 aromatic heterocycles. The number of alkyl halides is 3. The maximum atomic E-state index is 12.2. The average Bonchev–Trinajstić information content (AvgIpc) is 2.73. The summed E-state index contributed by atoms with van der Waals surface area (Å²) in [5.74, 6) is 0. The molecule has 14 heavy (non-hydrogen) atoms. The van der Waals surface area contributed by atoms with Crippen LogP contribution in [0, 0.1) is 0 Å². The van der Waals surface area contributed by atoms with Gasteiger partial charge < -0.3 is 4.74 Å². The van der Waals surface area contributed by atoms with E-state index in [0.717, 1.165) is 18.9 Å². The van der Waals surface area contributed by atoms with E-state index in [0.29, 0.717) is 12.3 Å². The van der Waals surface area contributed by atoms with E-state index < -0.39 is 11.9 Å². The first-order valence-corrected chi connectivity index (χ1v) is 4.31. The molecule has 3 nitrogen and oxygen atoms in total. The Hall–Kier alpha value is -1.04. The summed E-state index contributed by atoms with van der Waals surface area (Å²) < 4.78 is 41.7. The number of ether oxygens (including phenoxy) is 1. The molecule has 0 radical (unpaired) electrons. The molecule has 6 heteroatoms. The van der Waals surface area contributed by atoms with Crippen molar-refractivity contribution in [3.63, 3.8) is 0 Å². The van der Waals surface area contributed by atoms with Crippen LogP contribution in [0.3, 0.4) is 0 Å². The third-order valence-electron chi connectivity index (χ3n) is 2.16. The van der Waals surface area contributed by atoms with Gasteiger partial charge in [-0.1, -0.05) is 0 Å². The van der Waals surface area contributed by atoms with E-state index in [4.69, 9.17) is 4.74 Å². The Balaban J connectivity index is 2.17. The van der Waals surface area contributed by atoms with Crippen molar-refractivity contribution in [3.05, 3.63) is 17.5 Å². The first kappa shape index (κ1) is 9.51. The molecule has 1 atom stereocenters. The minimum Gasteiger partial charge on any atom is -0.372 e. The van der Waals surface area contributed by atoms with Crippen LogP contribution in [0.4, 0.5) is 13.2 Å². The smallest absolute Gasteiger partial charge is 0.372 e. The van der Waals surface area contributed by atoms with Gasteiger partial charge in [0.15, 0.2) is 5.69 Å². The Morgan fingerprint density at radius 1 is 1.50 bits per heavy atom. The van der Waals surface area contributed by atoms with Crippen LogP contribution in [-0.4, -0.2) is 16.8 Å². The predicted octanol–water partition coefficient (Wildman–Crippen LogP) is 2.28. The van der Waals surface area contributed by atoms with Gasteiger partial charge in [0.1, 0.15) is 0 Å². The lowest BCUT2D eigenvalue weighted by molar-refractivity contribution is -0.141. The van der Waals surface area contributed by atoms with E-state index in [9.17, 15) is 13.2 Å². The molecule has 1 unspecified atom stereocenters. The summed E-state index contributed by atoms with van der Waals surface area (Å²) >= 11 is 0. The van der Waals surface area contributed by atoms with Crippen molar-refractivity contribution in [1.29, 1.82) is 0 Å². The Kier molecular flexibility index (Phi) is 2.22. The maximum absolute atomic E-state index is 12.2. The van der Waals surface area contributed by atoms with Gasteiger partial charge in [-0.2, -0.15) is 18.3 Å². The van der Waals surface area contributed by atoms with Gasteiger partial charge in [-0.15, -0.1) is 0 Å². The molecule has 0 aromatic carbocycles. The molecule has 1 aliphatic rings. The first-order chi connectivity index (χ1) is 6.57. The van der Waals surface area contributed by atoms with Crippen LogP contribution in [0.1, 0.15) is 30.3 Å². The maximum Gasteiger partial charge on any atom is 0.435 e. The standard InChI is InChI=1S/C8H9F3N2O/c9-8(10,11)7-4-5(12-13-7)6-2-1-3-14-6/h4,6H,1-3H2,(H,12,13). The second-order valence-corrected chi connectivity index (χ2v) is 3.21. The van der Waals surface area contributed by atoms with Crippen LogP contribution in [0.2, 0.25) is 0 Å². The lowest BCUT2D eigenvalue weighted by Crippen LogP contribution is -2.04. The summed E-state index contributed by atoms with van der Waals surface area (Å²) in [5.41, 5.74) is -0.474. The SMILES string of the molecule is FC(F)(F)c1cc(C2CCCO2)[nH]n1. The van der Waals surface area contributed by atoms with E-state index in [1.807, 2.05) is 0 Å². The first-order valence-electron chi connectivity index (χ1n) is 4.31. The number of aromatic amines is 1. The third kappa shape index (κ3) is 1.75. The van der Waals surface area contributed by atoms with Crippen LogP contribution in [0.5, 0.6) is 0 Å². The summed E-state index contributed by atoms with van der Waals surface area (Å²) in [6, 6.07) is 1.01. The van der Waals surface area contributed by atoms with Crippen molar-refractivity contribution in [3.8, 4) is 0 Å².